The van der Waals surface area contributed by atoms with Crippen LogP contribution in [-0.2, 0) is 11.2 Å². The second-order valence-corrected chi connectivity index (χ2v) is 6.53. The number of hydrogen-bond donors (Lipinski definition) is 1. The average molecular weight is 364 g/mol. The van der Waals surface area contributed by atoms with Crippen LogP contribution in [0, 0.1) is 13.8 Å². The first-order valence-corrected chi connectivity index (χ1v) is 9.05. The summed E-state index contributed by atoms with van der Waals surface area (Å²) in [5.41, 5.74) is 3.44. The third-order valence-electron chi connectivity index (χ3n) is 4.55. The predicted molar refractivity (Wildman–Crippen MR) is 105 cm³/mol. The molecule has 27 heavy (non-hydrogen) atoms. The quantitative estimate of drug-likeness (QED) is 0.662. The average Bonchev–Trinajstić information content (AvgIpc) is 3.01. The Morgan fingerprint density at radius 1 is 1.11 bits per heavy atom. The maximum atomic E-state index is 12.7. The molecule has 0 bridgehead atoms. The minimum atomic E-state index is -0.367. The monoisotopic (exact) mass is 364 g/mol. The van der Waals surface area contributed by atoms with E-state index < -0.39 is 0 Å². The Hall–Kier alpha value is -3.08. The highest BCUT2D eigenvalue weighted by atomic mass is 16.5. The van der Waals surface area contributed by atoms with Gasteiger partial charge in [0, 0.05) is 12.0 Å². The molecule has 0 aliphatic heterocycles. The van der Waals surface area contributed by atoms with Gasteiger partial charge in [0.2, 0.25) is 5.91 Å². The first-order chi connectivity index (χ1) is 13.1. The summed E-state index contributed by atoms with van der Waals surface area (Å²) in [4.78, 5) is 12.7. The Kier molecular flexibility index (Phi) is 5.91. The lowest BCUT2D eigenvalue weighted by atomic mass is 9.98. The Morgan fingerprint density at radius 2 is 1.81 bits per heavy atom. The summed E-state index contributed by atoms with van der Waals surface area (Å²) in [6, 6.07) is 17.6. The number of para-hydroxylation sites is 2. The number of carbonyl (C=O) groups excluding carboxylic acids is 1. The Labute approximate surface area is 159 Å². The number of hydrogen-bond acceptors (Lipinski definition) is 4. The molecule has 0 saturated carbocycles. The molecule has 1 amide bonds. The summed E-state index contributed by atoms with van der Waals surface area (Å²) >= 11 is 0. The SMILES string of the molecule is Cc1noc(C)c1C(C)C(=O)Nc1ccccc1OCCc1ccccc1. The normalized spacial score (nSPS) is 11.8. The van der Waals surface area contributed by atoms with E-state index in [1.54, 1.807) is 0 Å². The van der Waals surface area contributed by atoms with E-state index in [-0.39, 0.29) is 11.8 Å². The van der Waals surface area contributed by atoms with Gasteiger partial charge in [0.1, 0.15) is 11.5 Å². The van der Waals surface area contributed by atoms with Crippen LogP contribution in [-0.4, -0.2) is 17.7 Å². The van der Waals surface area contributed by atoms with Gasteiger partial charge in [-0.2, -0.15) is 0 Å². The topological polar surface area (TPSA) is 64.4 Å². The van der Waals surface area contributed by atoms with Crippen LogP contribution >= 0.6 is 0 Å². The van der Waals surface area contributed by atoms with Crippen molar-refractivity contribution in [3.8, 4) is 5.75 Å². The van der Waals surface area contributed by atoms with Crippen molar-refractivity contribution in [2.24, 2.45) is 0 Å². The molecule has 0 aliphatic carbocycles. The summed E-state index contributed by atoms with van der Waals surface area (Å²) in [6.07, 6.45) is 0.804. The van der Waals surface area contributed by atoms with Crippen molar-refractivity contribution in [1.82, 2.24) is 5.16 Å². The summed E-state index contributed by atoms with van der Waals surface area (Å²) in [5, 5.41) is 6.90. The standard InChI is InChI=1S/C22H24N2O3/c1-15(21-16(2)24-27-17(21)3)22(25)23-19-11-7-8-12-20(19)26-14-13-18-9-5-4-6-10-18/h4-12,15H,13-14H2,1-3H3,(H,23,25). The minimum Gasteiger partial charge on any atom is -0.491 e. The zero-order valence-corrected chi connectivity index (χ0v) is 15.9. The van der Waals surface area contributed by atoms with Crippen LogP contribution in [0.3, 0.4) is 0 Å². The maximum absolute atomic E-state index is 12.7. The van der Waals surface area contributed by atoms with Crippen LogP contribution in [0.1, 0.15) is 35.4 Å². The van der Waals surface area contributed by atoms with Gasteiger partial charge >= 0.3 is 0 Å². The number of amides is 1. The molecule has 140 valence electrons. The van der Waals surface area contributed by atoms with E-state index in [9.17, 15) is 4.79 Å². The Bertz CT molecular complexity index is 883. The number of aryl methyl sites for hydroxylation is 2. The highest BCUT2D eigenvalue weighted by Gasteiger charge is 2.23. The van der Waals surface area contributed by atoms with Crippen molar-refractivity contribution in [3.05, 3.63) is 77.2 Å². The van der Waals surface area contributed by atoms with Gasteiger partial charge in [-0.05, 0) is 38.5 Å². The number of nitrogens with one attached hydrogen (secondary N) is 1. The Balaban J connectivity index is 1.65. The van der Waals surface area contributed by atoms with Crippen LogP contribution in [0.5, 0.6) is 5.75 Å². The molecule has 3 rings (SSSR count). The first kappa shape index (κ1) is 18.7. The maximum Gasteiger partial charge on any atom is 0.231 e. The van der Waals surface area contributed by atoms with E-state index in [4.69, 9.17) is 9.26 Å². The Morgan fingerprint density at radius 3 is 2.52 bits per heavy atom. The van der Waals surface area contributed by atoms with E-state index >= 15 is 0 Å². The molecule has 1 heterocycles. The molecule has 1 N–H and O–H groups in total. The lowest BCUT2D eigenvalue weighted by Gasteiger charge is -2.15. The number of rotatable bonds is 7. The van der Waals surface area contributed by atoms with Gasteiger partial charge in [-0.3, -0.25) is 4.79 Å². The van der Waals surface area contributed by atoms with Crippen LogP contribution in [0.2, 0.25) is 0 Å². The first-order valence-electron chi connectivity index (χ1n) is 9.05. The van der Waals surface area contributed by atoms with Crippen LogP contribution in [0.15, 0.2) is 59.1 Å². The van der Waals surface area contributed by atoms with Gasteiger partial charge in [-0.1, -0.05) is 47.6 Å². The van der Waals surface area contributed by atoms with Crippen molar-refractivity contribution in [2.75, 3.05) is 11.9 Å². The molecule has 5 nitrogen and oxygen atoms in total. The summed E-state index contributed by atoms with van der Waals surface area (Å²) in [6.45, 7) is 6.05. The van der Waals surface area contributed by atoms with Crippen molar-refractivity contribution in [1.29, 1.82) is 0 Å². The van der Waals surface area contributed by atoms with E-state index in [0.29, 0.717) is 23.8 Å². The van der Waals surface area contributed by atoms with Crippen molar-refractivity contribution < 1.29 is 14.1 Å². The molecule has 0 aliphatic rings. The molecule has 0 spiro atoms. The fraction of sp³-hybridized carbons (Fsp3) is 0.273. The van der Waals surface area contributed by atoms with Crippen molar-refractivity contribution in [2.45, 2.75) is 33.1 Å². The highest BCUT2D eigenvalue weighted by Crippen LogP contribution is 2.28. The fourth-order valence-electron chi connectivity index (χ4n) is 3.10. The van der Waals surface area contributed by atoms with E-state index in [0.717, 1.165) is 17.7 Å². The molecule has 0 fully saturated rings. The zero-order chi connectivity index (χ0) is 19.2. The van der Waals surface area contributed by atoms with Crippen LogP contribution in [0.25, 0.3) is 0 Å². The molecule has 0 radical (unpaired) electrons. The zero-order valence-electron chi connectivity index (χ0n) is 15.9. The third-order valence-corrected chi connectivity index (χ3v) is 4.55. The molecule has 1 atom stereocenters. The largest absolute Gasteiger partial charge is 0.491 e. The number of benzene rings is 2. The van der Waals surface area contributed by atoms with Gasteiger partial charge in [-0.15, -0.1) is 0 Å². The number of aromatic nitrogens is 1. The van der Waals surface area contributed by atoms with E-state index in [2.05, 4.69) is 22.6 Å². The van der Waals surface area contributed by atoms with Gasteiger partial charge in [0.05, 0.1) is 23.9 Å². The molecular formula is C22H24N2O3. The molecule has 0 saturated heterocycles. The molecule has 3 aromatic rings. The number of carbonyl (C=O) groups is 1. The number of ether oxygens (including phenoxy) is 1. The molecular weight excluding hydrogens is 340 g/mol. The smallest absolute Gasteiger partial charge is 0.231 e. The second kappa shape index (κ2) is 8.54. The van der Waals surface area contributed by atoms with Gasteiger partial charge in [-0.25, -0.2) is 0 Å². The summed E-state index contributed by atoms with van der Waals surface area (Å²) < 4.78 is 11.1. The highest BCUT2D eigenvalue weighted by molar-refractivity contribution is 5.97. The van der Waals surface area contributed by atoms with Gasteiger partial charge < -0.3 is 14.6 Å². The van der Waals surface area contributed by atoms with Crippen molar-refractivity contribution in [3.63, 3.8) is 0 Å². The van der Waals surface area contributed by atoms with Gasteiger partial charge in [0.15, 0.2) is 0 Å². The van der Waals surface area contributed by atoms with E-state index in [1.165, 1.54) is 5.56 Å². The molecule has 5 heteroatoms. The molecule has 1 unspecified atom stereocenters. The molecule has 2 aromatic carbocycles. The second-order valence-electron chi connectivity index (χ2n) is 6.53. The summed E-state index contributed by atoms with van der Waals surface area (Å²) in [7, 11) is 0. The third kappa shape index (κ3) is 4.56. The van der Waals surface area contributed by atoms with Crippen LogP contribution < -0.4 is 10.1 Å². The molecule has 1 aromatic heterocycles. The predicted octanol–water partition coefficient (Wildman–Crippen LogP) is 4.66. The minimum absolute atomic E-state index is 0.122. The van der Waals surface area contributed by atoms with Crippen molar-refractivity contribution >= 4 is 11.6 Å². The fourth-order valence-corrected chi connectivity index (χ4v) is 3.10. The van der Waals surface area contributed by atoms with E-state index in [1.807, 2.05) is 63.2 Å². The lowest BCUT2D eigenvalue weighted by Crippen LogP contribution is -2.20. The summed E-state index contributed by atoms with van der Waals surface area (Å²) in [5.74, 6) is 0.840. The number of anilines is 1. The number of nitrogens with zero attached hydrogens (tertiary/aromatic N) is 1. The van der Waals surface area contributed by atoms with Gasteiger partial charge in [0.25, 0.3) is 0 Å². The van der Waals surface area contributed by atoms with Crippen LogP contribution in [0.4, 0.5) is 5.69 Å². The lowest BCUT2D eigenvalue weighted by molar-refractivity contribution is -0.117.